The van der Waals surface area contributed by atoms with Gasteiger partial charge in [-0.15, -0.1) is 0 Å². The van der Waals surface area contributed by atoms with Crippen molar-refractivity contribution in [3.05, 3.63) is 22.8 Å². The zero-order valence-corrected chi connectivity index (χ0v) is 22.5. The van der Waals surface area contributed by atoms with Crippen LogP contribution in [-0.2, 0) is 12.8 Å². The second kappa shape index (κ2) is 20.7. The average Bonchev–Trinajstić information content (AvgIpc) is 2.79. The van der Waals surface area contributed by atoms with Crippen molar-refractivity contribution in [3.63, 3.8) is 0 Å². The third kappa shape index (κ3) is 15.0. The van der Waals surface area contributed by atoms with Gasteiger partial charge < -0.3 is 0 Å². The zero-order valence-electron chi connectivity index (χ0n) is 22.5. The van der Waals surface area contributed by atoms with Gasteiger partial charge in [0.25, 0.3) is 0 Å². The molecule has 0 unspecified atom stereocenters. The Balaban J connectivity index is 2.11. The number of hydrogen-bond acceptors (Lipinski definition) is 2. The topological polar surface area (TPSA) is 25.8 Å². The van der Waals surface area contributed by atoms with Crippen LogP contribution in [0.15, 0.2) is 0 Å². The highest BCUT2D eigenvalue weighted by molar-refractivity contribution is 5.19. The molecule has 0 saturated carbocycles. The first-order valence-corrected chi connectivity index (χ1v) is 14.5. The maximum absolute atomic E-state index is 4.95. The highest BCUT2D eigenvalue weighted by atomic mass is 14.8. The van der Waals surface area contributed by atoms with Crippen molar-refractivity contribution in [2.24, 2.45) is 0 Å². The molecule has 0 atom stereocenters. The van der Waals surface area contributed by atoms with Crippen LogP contribution in [-0.4, -0.2) is 9.97 Å². The Hall–Kier alpha value is -0.920. The summed E-state index contributed by atoms with van der Waals surface area (Å²) < 4.78 is 0. The third-order valence-electron chi connectivity index (χ3n) is 6.97. The van der Waals surface area contributed by atoms with Crippen LogP contribution in [0.5, 0.6) is 0 Å². The second-order valence-corrected chi connectivity index (χ2v) is 10.2. The van der Waals surface area contributed by atoms with Crippen molar-refractivity contribution < 1.29 is 0 Å². The monoisotopic (exact) mass is 444 g/mol. The van der Waals surface area contributed by atoms with Gasteiger partial charge in [0, 0.05) is 0 Å². The lowest BCUT2D eigenvalue weighted by Crippen LogP contribution is -2.06. The standard InChI is InChI=1S/C30H56N2/c1-5-7-9-11-13-15-17-19-21-23-25-29-27(3)32-30(28(4)31-29)26-24-22-20-18-16-14-12-10-8-6-2/h5-26H2,1-4H3. The lowest BCUT2D eigenvalue weighted by atomic mass is 10.0. The van der Waals surface area contributed by atoms with Gasteiger partial charge in [-0.1, -0.05) is 129 Å². The fourth-order valence-electron chi connectivity index (χ4n) is 4.73. The summed E-state index contributed by atoms with van der Waals surface area (Å²) in [7, 11) is 0. The van der Waals surface area contributed by atoms with Crippen LogP contribution in [0.25, 0.3) is 0 Å². The smallest absolute Gasteiger partial charge is 0.0619 e. The molecule has 1 heterocycles. The molecule has 0 aliphatic rings. The van der Waals surface area contributed by atoms with E-state index in [-0.39, 0.29) is 0 Å². The Labute approximate surface area is 201 Å². The van der Waals surface area contributed by atoms with Crippen LogP contribution in [0.2, 0.25) is 0 Å². The van der Waals surface area contributed by atoms with Gasteiger partial charge in [0.15, 0.2) is 0 Å². The summed E-state index contributed by atoms with van der Waals surface area (Å²) >= 11 is 0. The highest BCUT2D eigenvalue weighted by Gasteiger charge is 2.08. The molecule has 32 heavy (non-hydrogen) atoms. The SMILES string of the molecule is CCCCCCCCCCCCc1nc(C)c(CCCCCCCCCCCC)nc1C. The van der Waals surface area contributed by atoms with E-state index in [1.807, 2.05) is 0 Å². The van der Waals surface area contributed by atoms with E-state index < -0.39 is 0 Å². The molecule has 0 fully saturated rings. The van der Waals surface area contributed by atoms with Gasteiger partial charge in [-0.25, -0.2) is 0 Å². The molecule has 0 N–H and O–H groups in total. The normalized spacial score (nSPS) is 11.4. The molecular formula is C30H56N2. The van der Waals surface area contributed by atoms with Crippen LogP contribution in [0.4, 0.5) is 0 Å². The number of rotatable bonds is 22. The minimum atomic E-state index is 1.11. The van der Waals surface area contributed by atoms with Gasteiger partial charge in [-0.05, 0) is 39.5 Å². The molecule has 0 saturated heterocycles. The Morgan fingerprint density at radius 1 is 0.375 bits per heavy atom. The summed E-state index contributed by atoms with van der Waals surface area (Å²) in [5, 5.41) is 0. The first-order chi connectivity index (χ1) is 15.7. The van der Waals surface area contributed by atoms with Crippen LogP contribution in [0.1, 0.15) is 165 Å². The average molecular weight is 445 g/mol. The number of nitrogens with zero attached hydrogens (tertiary/aromatic N) is 2. The maximum atomic E-state index is 4.95. The Kier molecular flexibility index (Phi) is 18.8. The molecule has 2 heteroatoms. The van der Waals surface area contributed by atoms with Crippen LogP contribution in [0, 0.1) is 13.8 Å². The molecule has 0 bridgehead atoms. The molecule has 0 spiro atoms. The molecule has 1 aromatic heterocycles. The quantitative estimate of drug-likeness (QED) is 0.166. The van der Waals surface area contributed by atoms with Crippen molar-refractivity contribution >= 4 is 0 Å². The van der Waals surface area contributed by atoms with E-state index in [1.54, 1.807) is 0 Å². The summed E-state index contributed by atoms with van der Waals surface area (Å²) in [6.45, 7) is 8.92. The Morgan fingerprint density at radius 3 is 0.906 bits per heavy atom. The fraction of sp³-hybridized carbons (Fsp3) is 0.867. The molecule has 0 aliphatic carbocycles. The second-order valence-electron chi connectivity index (χ2n) is 10.2. The number of aryl methyl sites for hydroxylation is 4. The van der Waals surface area contributed by atoms with Crippen molar-refractivity contribution in [2.75, 3.05) is 0 Å². The van der Waals surface area contributed by atoms with Crippen molar-refractivity contribution in [2.45, 2.75) is 169 Å². The predicted octanol–water partition coefficient (Wildman–Crippen LogP) is 10.0. The molecule has 0 aliphatic heterocycles. The van der Waals surface area contributed by atoms with Gasteiger partial charge >= 0.3 is 0 Å². The minimum Gasteiger partial charge on any atom is -0.254 e. The van der Waals surface area contributed by atoms with E-state index in [9.17, 15) is 0 Å². The molecule has 1 rings (SSSR count). The zero-order chi connectivity index (χ0) is 23.3. The van der Waals surface area contributed by atoms with E-state index in [4.69, 9.17) is 9.97 Å². The summed E-state index contributed by atoms with van der Waals surface area (Å²) in [5.74, 6) is 0. The van der Waals surface area contributed by atoms with Gasteiger partial charge in [0.2, 0.25) is 0 Å². The van der Waals surface area contributed by atoms with E-state index in [0.29, 0.717) is 0 Å². The summed E-state index contributed by atoms with van der Waals surface area (Å²) in [6.07, 6.45) is 30.0. The molecule has 2 nitrogen and oxygen atoms in total. The van der Waals surface area contributed by atoms with Crippen LogP contribution < -0.4 is 0 Å². The third-order valence-corrected chi connectivity index (χ3v) is 6.97. The van der Waals surface area contributed by atoms with E-state index >= 15 is 0 Å². The largest absolute Gasteiger partial charge is 0.254 e. The number of hydrogen-bond donors (Lipinski definition) is 0. The Morgan fingerprint density at radius 2 is 0.625 bits per heavy atom. The molecule has 0 aromatic carbocycles. The highest BCUT2D eigenvalue weighted by Crippen LogP contribution is 2.16. The number of aromatic nitrogens is 2. The lowest BCUT2D eigenvalue weighted by molar-refractivity contribution is 0.553. The molecular weight excluding hydrogens is 388 g/mol. The van der Waals surface area contributed by atoms with E-state index in [2.05, 4.69) is 27.7 Å². The Bertz CT molecular complexity index is 502. The molecule has 186 valence electrons. The van der Waals surface area contributed by atoms with Crippen molar-refractivity contribution in [1.82, 2.24) is 9.97 Å². The van der Waals surface area contributed by atoms with Crippen LogP contribution >= 0.6 is 0 Å². The molecule has 0 radical (unpaired) electrons. The number of unbranched alkanes of at least 4 members (excludes halogenated alkanes) is 18. The van der Waals surface area contributed by atoms with E-state index in [1.165, 1.54) is 151 Å². The summed E-state index contributed by atoms with van der Waals surface area (Å²) in [6, 6.07) is 0. The molecule has 1 aromatic rings. The summed E-state index contributed by atoms with van der Waals surface area (Å²) in [5.41, 5.74) is 4.84. The first-order valence-electron chi connectivity index (χ1n) is 14.5. The fourth-order valence-corrected chi connectivity index (χ4v) is 4.73. The summed E-state index contributed by atoms with van der Waals surface area (Å²) in [4.78, 5) is 9.90. The van der Waals surface area contributed by atoms with Gasteiger partial charge in [-0.2, -0.15) is 0 Å². The maximum Gasteiger partial charge on any atom is 0.0619 e. The predicted molar refractivity (Wildman–Crippen MR) is 143 cm³/mol. The van der Waals surface area contributed by atoms with Crippen LogP contribution in [0.3, 0.4) is 0 Å². The van der Waals surface area contributed by atoms with Gasteiger partial charge in [-0.3, -0.25) is 9.97 Å². The van der Waals surface area contributed by atoms with Gasteiger partial charge in [0.1, 0.15) is 0 Å². The van der Waals surface area contributed by atoms with Crippen molar-refractivity contribution in [1.29, 1.82) is 0 Å². The molecule has 0 amide bonds. The van der Waals surface area contributed by atoms with Crippen molar-refractivity contribution in [3.8, 4) is 0 Å². The van der Waals surface area contributed by atoms with Gasteiger partial charge in [0.05, 0.1) is 22.8 Å². The van der Waals surface area contributed by atoms with E-state index in [0.717, 1.165) is 12.8 Å². The lowest BCUT2D eigenvalue weighted by Gasteiger charge is -2.10. The minimum absolute atomic E-state index is 1.11. The first kappa shape index (κ1) is 29.1.